The van der Waals surface area contributed by atoms with Gasteiger partial charge in [-0.05, 0) is 37.3 Å². The van der Waals surface area contributed by atoms with Crippen LogP contribution in [-0.2, 0) is 11.0 Å². The number of anilines is 1. The van der Waals surface area contributed by atoms with Crippen LogP contribution < -0.4 is 9.64 Å². The number of alkyl halides is 3. The average molecular weight is 367 g/mol. The second kappa shape index (κ2) is 7.00. The van der Waals surface area contributed by atoms with Crippen molar-refractivity contribution in [1.82, 2.24) is 0 Å². The maximum Gasteiger partial charge on any atom is 0.416 e. The minimum absolute atomic E-state index is 0.138. The van der Waals surface area contributed by atoms with Crippen LogP contribution in [0.3, 0.4) is 0 Å². The second-order valence-electron chi connectivity index (χ2n) is 5.44. The van der Waals surface area contributed by atoms with E-state index in [1.807, 2.05) is 31.2 Å². The molecule has 1 unspecified atom stereocenters. The largest absolute Gasteiger partial charge is 0.493 e. The topological polar surface area (TPSA) is 29.5 Å². The Labute approximate surface area is 147 Å². The Kier molecular flexibility index (Phi) is 4.94. The fraction of sp³-hybridized carbons (Fsp3) is 0.278. The first-order valence-electron chi connectivity index (χ1n) is 7.74. The number of para-hydroxylation sites is 1. The van der Waals surface area contributed by atoms with E-state index in [4.69, 9.17) is 4.74 Å². The number of nitrogens with zero attached hydrogens (tertiary/aromatic N) is 1. The highest BCUT2D eigenvalue weighted by atomic mass is 32.2. The van der Waals surface area contributed by atoms with Gasteiger partial charge in [-0.1, -0.05) is 18.2 Å². The molecule has 25 heavy (non-hydrogen) atoms. The molecule has 2 aromatic rings. The van der Waals surface area contributed by atoms with Crippen LogP contribution in [0, 0.1) is 0 Å². The van der Waals surface area contributed by atoms with Crippen molar-refractivity contribution in [3.8, 4) is 5.75 Å². The Morgan fingerprint density at radius 3 is 2.48 bits per heavy atom. The summed E-state index contributed by atoms with van der Waals surface area (Å²) in [5, 5.41) is -0.327. The Morgan fingerprint density at radius 2 is 1.84 bits per heavy atom. The van der Waals surface area contributed by atoms with Crippen molar-refractivity contribution in [2.75, 3.05) is 17.3 Å². The predicted molar refractivity (Wildman–Crippen MR) is 91.7 cm³/mol. The molecule has 0 bridgehead atoms. The number of hydrogen-bond donors (Lipinski definition) is 0. The zero-order valence-corrected chi connectivity index (χ0v) is 14.2. The van der Waals surface area contributed by atoms with Crippen LogP contribution in [0.25, 0.3) is 0 Å². The summed E-state index contributed by atoms with van der Waals surface area (Å²) in [5.41, 5.74) is 0.543. The molecule has 0 radical (unpaired) electrons. The summed E-state index contributed by atoms with van der Waals surface area (Å²) in [6, 6.07) is 12.1. The molecule has 132 valence electrons. The third-order valence-corrected chi connectivity index (χ3v) is 5.02. The third-order valence-electron chi connectivity index (χ3n) is 3.83. The highest BCUT2D eigenvalue weighted by Gasteiger charge is 2.36. The van der Waals surface area contributed by atoms with Crippen LogP contribution in [-0.4, -0.2) is 18.3 Å². The first-order valence-corrected chi connectivity index (χ1v) is 8.79. The van der Waals surface area contributed by atoms with E-state index in [-0.39, 0.29) is 17.0 Å². The SMILES string of the molecule is CCOc1ccccc1C1SCC(=O)N1c1ccc(C(F)(F)F)cc1. The lowest BCUT2D eigenvalue weighted by Gasteiger charge is -2.26. The van der Waals surface area contributed by atoms with Gasteiger partial charge in [0.05, 0.1) is 17.9 Å². The van der Waals surface area contributed by atoms with Crippen LogP contribution in [0.4, 0.5) is 18.9 Å². The minimum atomic E-state index is -4.40. The maximum atomic E-state index is 12.8. The molecular formula is C18H16F3NO2S. The Morgan fingerprint density at radius 1 is 1.16 bits per heavy atom. The number of carbonyl (C=O) groups excluding carboxylic acids is 1. The Bertz CT molecular complexity index is 762. The van der Waals surface area contributed by atoms with Gasteiger partial charge in [0.15, 0.2) is 0 Å². The number of halogens is 3. The van der Waals surface area contributed by atoms with Crippen LogP contribution in [0.2, 0.25) is 0 Å². The number of amides is 1. The van der Waals surface area contributed by atoms with Crippen molar-refractivity contribution in [3.05, 3.63) is 59.7 Å². The van der Waals surface area contributed by atoms with E-state index >= 15 is 0 Å². The van der Waals surface area contributed by atoms with Gasteiger partial charge in [-0.2, -0.15) is 13.2 Å². The van der Waals surface area contributed by atoms with Gasteiger partial charge in [-0.25, -0.2) is 0 Å². The molecular weight excluding hydrogens is 351 g/mol. The van der Waals surface area contributed by atoms with Crippen LogP contribution >= 0.6 is 11.8 Å². The van der Waals surface area contributed by atoms with Gasteiger partial charge >= 0.3 is 6.18 Å². The van der Waals surface area contributed by atoms with Gasteiger partial charge in [-0.15, -0.1) is 11.8 Å². The number of benzene rings is 2. The normalized spacial score (nSPS) is 17.8. The molecule has 3 nitrogen and oxygen atoms in total. The molecule has 1 atom stereocenters. The van der Waals surface area contributed by atoms with E-state index in [0.717, 1.165) is 17.7 Å². The van der Waals surface area contributed by atoms with Crippen molar-refractivity contribution >= 4 is 23.4 Å². The number of carbonyl (C=O) groups is 1. The zero-order valence-electron chi connectivity index (χ0n) is 13.4. The lowest BCUT2D eigenvalue weighted by Crippen LogP contribution is -2.28. The summed E-state index contributed by atoms with van der Waals surface area (Å²) in [6.45, 7) is 2.36. The Hall–Kier alpha value is -2.15. The van der Waals surface area contributed by atoms with Gasteiger partial charge < -0.3 is 4.74 Å². The molecule has 0 N–H and O–H groups in total. The zero-order chi connectivity index (χ0) is 18.0. The van der Waals surface area contributed by atoms with E-state index in [2.05, 4.69) is 0 Å². The van der Waals surface area contributed by atoms with E-state index in [1.165, 1.54) is 28.8 Å². The van der Waals surface area contributed by atoms with Crippen molar-refractivity contribution < 1.29 is 22.7 Å². The molecule has 1 aliphatic rings. The molecule has 1 fully saturated rings. The highest BCUT2D eigenvalue weighted by Crippen LogP contribution is 2.45. The first kappa shape index (κ1) is 17.7. The summed E-state index contributed by atoms with van der Waals surface area (Å²) in [4.78, 5) is 13.9. The molecule has 1 saturated heterocycles. The molecule has 0 aromatic heterocycles. The van der Waals surface area contributed by atoms with Crippen LogP contribution in [0.15, 0.2) is 48.5 Å². The van der Waals surface area contributed by atoms with Crippen LogP contribution in [0.1, 0.15) is 23.4 Å². The van der Waals surface area contributed by atoms with Crippen LogP contribution in [0.5, 0.6) is 5.75 Å². The summed E-state index contributed by atoms with van der Waals surface area (Å²) in [5.74, 6) is 0.807. The van der Waals surface area contributed by atoms with E-state index in [9.17, 15) is 18.0 Å². The molecule has 2 aromatic carbocycles. The second-order valence-corrected chi connectivity index (χ2v) is 6.51. The van der Waals surface area contributed by atoms with Gasteiger partial charge in [0.1, 0.15) is 11.1 Å². The maximum absolute atomic E-state index is 12.8. The van der Waals surface area contributed by atoms with Gasteiger partial charge in [-0.3, -0.25) is 9.69 Å². The summed E-state index contributed by atoms with van der Waals surface area (Å²) < 4.78 is 43.9. The third kappa shape index (κ3) is 3.61. The predicted octanol–water partition coefficient (Wildman–Crippen LogP) is 4.88. The van der Waals surface area contributed by atoms with E-state index in [0.29, 0.717) is 18.0 Å². The highest BCUT2D eigenvalue weighted by molar-refractivity contribution is 8.00. The standard InChI is InChI=1S/C18H16F3NO2S/c1-2-24-15-6-4-3-5-14(15)17-22(16(23)11-25-17)13-9-7-12(8-10-13)18(19,20)21/h3-10,17H,2,11H2,1H3. The molecule has 1 heterocycles. The van der Waals surface area contributed by atoms with Crippen molar-refractivity contribution in [2.24, 2.45) is 0 Å². The number of ether oxygens (including phenoxy) is 1. The monoisotopic (exact) mass is 367 g/mol. The average Bonchev–Trinajstić information content (AvgIpc) is 2.96. The van der Waals surface area contributed by atoms with Gasteiger partial charge in [0.2, 0.25) is 5.91 Å². The number of rotatable bonds is 4. The number of thioether (sulfide) groups is 1. The fourth-order valence-electron chi connectivity index (χ4n) is 2.72. The van der Waals surface area contributed by atoms with E-state index in [1.54, 1.807) is 0 Å². The molecule has 0 saturated carbocycles. The van der Waals surface area contributed by atoms with E-state index < -0.39 is 11.7 Å². The summed E-state index contributed by atoms with van der Waals surface area (Å²) in [6.07, 6.45) is -4.40. The van der Waals surface area contributed by atoms with Crippen molar-refractivity contribution in [3.63, 3.8) is 0 Å². The Balaban J connectivity index is 1.96. The lowest BCUT2D eigenvalue weighted by molar-refractivity contribution is -0.137. The first-order chi connectivity index (χ1) is 11.9. The van der Waals surface area contributed by atoms with Crippen molar-refractivity contribution in [2.45, 2.75) is 18.5 Å². The lowest BCUT2D eigenvalue weighted by atomic mass is 10.1. The molecule has 1 amide bonds. The number of hydrogen-bond acceptors (Lipinski definition) is 3. The molecule has 7 heteroatoms. The minimum Gasteiger partial charge on any atom is -0.493 e. The van der Waals surface area contributed by atoms with Gasteiger partial charge in [0, 0.05) is 11.3 Å². The molecule has 1 aliphatic heterocycles. The van der Waals surface area contributed by atoms with Gasteiger partial charge in [0.25, 0.3) is 0 Å². The fourth-order valence-corrected chi connectivity index (χ4v) is 3.92. The summed E-state index contributed by atoms with van der Waals surface area (Å²) in [7, 11) is 0. The smallest absolute Gasteiger partial charge is 0.416 e. The molecule has 3 rings (SSSR count). The molecule has 0 aliphatic carbocycles. The summed E-state index contributed by atoms with van der Waals surface area (Å²) >= 11 is 1.43. The quantitative estimate of drug-likeness (QED) is 0.771. The van der Waals surface area contributed by atoms with Crippen molar-refractivity contribution in [1.29, 1.82) is 0 Å². The molecule has 0 spiro atoms.